The summed E-state index contributed by atoms with van der Waals surface area (Å²) < 4.78 is 1.52. The predicted octanol–water partition coefficient (Wildman–Crippen LogP) is 1.68. The number of nitrogens with zero attached hydrogens (tertiary/aromatic N) is 6. The molecule has 1 aliphatic rings. The lowest BCUT2D eigenvalue weighted by Crippen LogP contribution is -2.50. The summed E-state index contributed by atoms with van der Waals surface area (Å²) in [6, 6.07) is 13.2. The first-order valence-electron chi connectivity index (χ1n) is 10.2. The number of para-hydroxylation sites is 1. The molecule has 9 heteroatoms. The van der Waals surface area contributed by atoms with Gasteiger partial charge in [0, 0.05) is 37.4 Å². The quantitative estimate of drug-likeness (QED) is 0.676. The number of benzene rings is 2. The van der Waals surface area contributed by atoms with Gasteiger partial charge < -0.3 is 10.2 Å². The van der Waals surface area contributed by atoms with E-state index in [1.54, 1.807) is 12.1 Å². The van der Waals surface area contributed by atoms with Crippen molar-refractivity contribution in [1.29, 1.82) is 0 Å². The number of aromatic nitrogens is 4. The first-order chi connectivity index (χ1) is 15.0. The summed E-state index contributed by atoms with van der Waals surface area (Å²) in [6.07, 6.45) is 1.49. The number of hydrogen-bond donors (Lipinski definition) is 1. The minimum atomic E-state index is -0.0358. The number of nitrogens with one attached hydrogen (secondary N) is 1. The van der Waals surface area contributed by atoms with Crippen LogP contribution in [-0.2, 0) is 4.79 Å². The largest absolute Gasteiger partial charge is 0.336 e. The second kappa shape index (κ2) is 9.05. The van der Waals surface area contributed by atoms with E-state index in [1.165, 1.54) is 11.0 Å². The average molecular weight is 419 g/mol. The molecule has 1 saturated heterocycles. The number of piperazine rings is 1. The summed E-state index contributed by atoms with van der Waals surface area (Å²) >= 11 is 0. The van der Waals surface area contributed by atoms with E-state index in [0.717, 1.165) is 22.5 Å². The fraction of sp³-hybridized carbons (Fsp3) is 0.318. The van der Waals surface area contributed by atoms with Crippen molar-refractivity contribution >= 4 is 17.5 Å². The van der Waals surface area contributed by atoms with Gasteiger partial charge in [-0.15, -0.1) is 5.10 Å². The summed E-state index contributed by atoms with van der Waals surface area (Å²) in [4.78, 5) is 29.3. The van der Waals surface area contributed by atoms with Gasteiger partial charge in [0.15, 0.2) is 0 Å². The molecule has 4 rings (SSSR count). The Labute approximate surface area is 180 Å². The lowest BCUT2D eigenvalue weighted by Gasteiger charge is -2.34. The van der Waals surface area contributed by atoms with E-state index in [2.05, 4.69) is 25.7 Å². The molecule has 2 heterocycles. The van der Waals surface area contributed by atoms with Crippen LogP contribution in [0.25, 0.3) is 5.69 Å². The molecule has 0 bridgehead atoms. The van der Waals surface area contributed by atoms with Gasteiger partial charge in [-0.25, -0.2) is 4.68 Å². The Morgan fingerprint density at radius 1 is 1.00 bits per heavy atom. The standard InChI is InChI=1S/C22H25N7O2/c1-16-5-3-6-17(2)21(16)24-20(30)14-27-9-11-28(12-10-27)22(31)18-7-4-8-19(13-18)29-15-23-25-26-29/h3-8,13,15H,9-12,14H2,1-2H3,(H,24,30). The Morgan fingerprint density at radius 3 is 2.39 bits per heavy atom. The molecule has 0 unspecified atom stereocenters. The van der Waals surface area contributed by atoms with Gasteiger partial charge in [-0.1, -0.05) is 24.3 Å². The summed E-state index contributed by atoms with van der Waals surface area (Å²) in [6.45, 7) is 6.74. The molecule has 1 aliphatic heterocycles. The van der Waals surface area contributed by atoms with Crippen LogP contribution < -0.4 is 5.32 Å². The normalized spacial score (nSPS) is 14.5. The molecule has 2 aromatic carbocycles. The van der Waals surface area contributed by atoms with Crippen LogP contribution in [0.2, 0.25) is 0 Å². The van der Waals surface area contributed by atoms with Crippen LogP contribution in [0.1, 0.15) is 21.5 Å². The van der Waals surface area contributed by atoms with E-state index in [0.29, 0.717) is 38.3 Å². The van der Waals surface area contributed by atoms with Crippen molar-refractivity contribution in [3.05, 3.63) is 65.5 Å². The van der Waals surface area contributed by atoms with Gasteiger partial charge in [0.25, 0.3) is 5.91 Å². The van der Waals surface area contributed by atoms with E-state index in [-0.39, 0.29) is 11.8 Å². The molecular formula is C22H25N7O2. The lowest BCUT2D eigenvalue weighted by atomic mass is 10.1. The molecule has 0 aliphatic carbocycles. The number of hydrogen-bond acceptors (Lipinski definition) is 6. The first kappa shape index (κ1) is 20.7. The first-order valence-corrected chi connectivity index (χ1v) is 10.2. The van der Waals surface area contributed by atoms with Gasteiger partial charge in [0.05, 0.1) is 12.2 Å². The number of carbonyl (C=O) groups excluding carboxylic acids is 2. The highest BCUT2D eigenvalue weighted by Crippen LogP contribution is 2.19. The summed E-state index contributed by atoms with van der Waals surface area (Å²) in [5.41, 5.74) is 4.30. The van der Waals surface area contributed by atoms with Crippen LogP contribution >= 0.6 is 0 Å². The van der Waals surface area contributed by atoms with Crippen LogP contribution in [0.5, 0.6) is 0 Å². The molecule has 3 aromatic rings. The summed E-state index contributed by atoms with van der Waals surface area (Å²) in [5, 5.41) is 14.1. The van der Waals surface area contributed by atoms with Crippen LogP contribution in [-0.4, -0.2) is 74.5 Å². The van der Waals surface area contributed by atoms with Gasteiger partial charge >= 0.3 is 0 Å². The van der Waals surface area contributed by atoms with E-state index in [9.17, 15) is 9.59 Å². The van der Waals surface area contributed by atoms with Crippen molar-refractivity contribution < 1.29 is 9.59 Å². The monoisotopic (exact) mass is 419 g/mol. The molecular weight excluding hydrogens is 394 g/mol. The number of tetrazole rings is 1. The molecule has 1 fully saturated rings. The average Bonchev–Trinajstić information content (AvgIpc) is 3.32. The van der Waals surface area contributed by atoms with Gasteiger partial charge in [0.1, 0.15) is 6.33 Å². The Morgan fingerprint density at radius 2 is 1.71 bits per heavy atom. The summed E-state index contributed by atoms with van der Waals surface area (Å²) in [5.74, 6) is -0.0686. The van der Waals surface area contributed by atoms with Gasteiger partial charge in [-0.05, 0) is 53.6 Å². The fourth-order valence-corrected chi connectivity index (χ4v) is 3.75. The molecule has 0 atom stereocenters. The van der Waals surface area contributed by atoms with E-state index < -0.39 is 0 Å². The third-order valence-corrected chi connectivity index (χ3v) is 5.48. The molecule has 2 amide bonds. The van der Waals surface area contributed by atoms with Crippen molar-refractivity contribution in [2.45, 2.75) is 13.8 Å². The highest BCUT2D eigenvalue weighted by atomic mass is 16.2. The lowest BCUT2D eigenvalue weighted by molar-refractivity contribution is -0.117. The number of anilines is 1. The number of aryl methyl sites for hydroxylation is 2. The highest BCUT2D eigenvalue weighted by molar-refractivity contribution is 5.95. The molecule has 31 heavy (non-hydrogen) atoms. The Kier molecular flexibility index (Phi) is 6.03. The Hall–Kier alpha value is -3.59. The SMILES string of the molecule is Cc1cccc(C)c1NC(=O)CN1CCN(C(=O)c2cccc(-n3cnnn3)c2)CC1. The van der Waals surface area contributed by atoms with Crippen LogP contribution in [0, 0.1) is 13.8 Å². The molecule has 1 N–H and O–H groups in total. The predicted molar refractivity (Wildman–Crippen MR) is 116 cm³/mol. The van der Waals surface area contributed by atoms with Gasteiger partial charge in [0.2, 0.25) is 5.91 Å². The second-order valence-electron chi connectivity index (χ2n) is 7.69. The zero-order valence-electron chi connectivity index (χ0n) is 17.7. The van der Waals surface area contributed by atoms with Crippen molar-refractivity contribution in [1.82, 2.24) is 30.0 Å². The van der Waals surface area contributed by atoms with Crippen molar-refractivity contribution in [3.63, 3.8) is 0 Å². The molecule has 0 spiro atoms. The van der Waals surface area contributed by atoms with Crippen LogP contribution in [0.15, 0.2) is 48.8 Å². The zero-order chi connectivity index (χ0) is 21.8. The maximum atomic E-state index is 12.9. The maximum Gasteiger partial charge on any atom is 0.254 e. The molecule has 0 radical (unpaired) electrons. The minimum absolute atomic E-state index is 0.0328. The Balaban J connectivity index is 1.32. The molecule has 160 valence electrons. The zero-order valence-corrected chi connectivity index (χ0v) is 17.7. The topological polar surface area (TPSA) is 96.2 Å². The summed E-state index contributed by atoms with van der Waals surface area (Å²) in [7, 11) is 0. The second-order valence-corrected chi connectivity index (χ2v) is 7.69. The van der Waals surface area contributed by atoms with Crippen LogP contribution in [0.3, 0.4) is 0 Å². The van der Waals surface area contributed by atoms with Crippen molar-refractivity contribution in [3.8, 4) is 5.69 Å². The van der Waals surface area contributed by atoms with E-state index >= 15 is 0 Å². The van der Waals surface area contributed by atoms with E-state index in [1.807, 2.05) is 49.1 Å². The minimum Gasteiger partial charge on any atom is -0.336 e. The van der Waals surface area contributed by atoms with Gasteiger partial charge in [-0.3, -0.25) is 14.5 Å². The fourth-order valence-electron chi connectivity index (χ4n) is 3.75. The smallest absolute Gasteiger partial charge is 0.254 e. The van der Waals surface area contributed by atoms with E-state index in [4.69, 9.17) is 0 Å². The molecule has 0 saturated carbocycles. The number of amides is 2. The molecule has 9 nitrogen and oxygen atoms in total. The van der Waals surface area contributed by atoms with Gasteiger partial charge in [-0.2, -0.15) is 0 Å². The molecule has 1 aromatic heterocycles. The van der Waals surface area contributed by atoms with Crippen molar-refractivity contribution in [2.24, 2.45) is 0 Å². The van der Waals surface area contributed by atoms with Crippen molar-refractivity contribution in [2.75, 3.05) is 38.0 Å². The third kappa shape index (κ3) is 4.77. The van der Waals surface area contributed by atoms with Crippen LogP contribution in [0.4, 0.5) is 5.69 Å². The number of carbonyl (C=O) groups is 2. The maximum absolute atomic E-state index is 12.9. The third-order valence-electron chi connectivity index (χ3n) is 5.48. The number of rotatable bonds is 5. The Bertz CT molecular complexity index is 1050. The highest BCUT2D eigenvalue weighted by Gasteiger charge is 2.24.